The van der Waals surface area contributed by atoms with Gasteiger partial charge in [-0.3, -0.25) is 0 Å². The van der Waals surface area contributed by atoms with Gasteiger partial charge < -0.3 is 23.7 Å². The van der Waals surface area contributed by atoms with Gasteiger partial charge in [0.05, 0.1) is 52.4 Å². The van der Waals surface area contributed by atoms with E-state index in [0.29, 0.717) is 50.7 Å². The molecule has 5 heteroatoms. The second kappa shape index (κ2) is 4.98. The third-order valence-electron chi connectivity index (χ3n) is 2.96. The highest BCUT2D eigenvalue weighted by molar-refractivity contribution is 4.80. The van der Waals surface area contributed by atoms with Gasteiger partial charge in [-0.25, -0.2) is 0 Å². The van der Waals surface area contributed by atoms with Crippen molar-refractivity contribution >= 4 is 0 Å². The van der Waals surface area contributed by atoms with Crippen LogP contribution in [0.4, 0.5) is 0 Å². The highest BCUT2D eigenvalue weighted by Crippen LogP contribution is 2.22. The van der Waals surface area contributed by atoms with Gasteiger partial charge in [-0.05, 0) is 0 Å². The smallest absolute Gasteiger partial charge is 0.104 e. The fourth-order valence-electron chi connectivity index (χ4n) is 1.62. The molecule has 0 aromatic carbocycles. The van der Waals surface area contributed by atoms with E-state index >= 15 is 0 Å². The highest BCUT2D eigenvalue weighted by atomic mass is 16.6. The van der Waals surface area contributed by atoms with Gasteiger partial charge in [-0.1, -0.05) is 0 Å². The van der Waals surface area contributed by atoms with Crippen molar-refractivity contribution in [2.45, 2.75) is 18.3 Å². The average molecular weight is 230 g/mol. The number of rotatable bonds is 9. The van der Waals surface area contributed by atoms with Crippen LogP contribution in [0.1, 0.15) is 0 Å². The molecule has 0 radical (unpaired) electrons. The van der Waals surface area contributed by atoms with Crippen LogP contribution in [0.2, 0.25) is 0 Å². The van der Waals surface area contributed by atoms with Gasteiger partial charge in [0.25, 0.3) is 0 Å². The molecule has 0 saturated carbocycles. The molecule has 3 rings (SSSR count). The predicted molar refractivity (Wildman–Crippen MR) is 54.3 cm³/mol. The van der Waals surface area contributed by atoms with Crippen LogP contribution in [-0.4, -0.2) is 64.6 Å². The first-order chi connectivity index (χ1) is 7.92. The van der Waals surface area contributed by atoms with Gasteiger partial charge in [0.15, 0.2) is 0 Å². The van der Waals surface area contributed by atoms with Crippen LogP contribution in [0.25, 0.3) is 0 Å². The summed E-state index contributed by atoms with van der Waals surface area (Å²) in [6, 6.07) is 0. The van der Waals surface area contributed by atoms with Gasteiger partial charge in [0, 0.05) is 5.92 Å². The first kappa shape index (κ1) is 10.9. The molecule has 16 heavy (non-hydrogen) atoms. The molecule has 0 aromatic rings. The quantitative estimate of drug-likeness (QED) is 0.515. The average Bonchev–Trinajstić information content (AvgIpc) is 3.14. The summed E-state index contributed by atoms with van der Waals surface area (Å²) >= 11 is 0. The summed E-state index contributed by atoms with van der Waals surface area (Å²) in [7, 11) is 0. The molecule has 5 nitrogen and oxygen atoms in total. The molecular formula is C11H18O5. The summed E-state index contributed by atoms with van der Waals surface area (Å²) in [6.07, 6.45) is 1.00. The Labute approximate surface area is 94.9 Å². The number of epoxide rings is 3. The van der Waals surface area contributed by atoms with Crippen LogP contribution in [-0.2, 0) is 23.7 Å². The van der Waals surface area contributed by atoms with Crippen LogP contribution >= 0.6 is 0 Å². The molecule has 3 heterocycles. The summed E-state index contributed by atoms with van der Waals surface area (Å²) in [5, 5.41) is 0. The van der Waals surface area contributed by atoms with Gasteiger partial charge in [0.2, 0.25) is 0 Å². The summed E-state index contributed by atoms with van der Waals surface area (Å²) < 4.78 is 26.6. The van der Waals surface area contributed by atoms with Crippen LogP contribution in [0.3, 0.4) is 0 Å². The lowest BCUT2D eigenvalue weighted by Crippen LogP contribution is -2.24. The molecule has 3 unspecified atom stereocenters. The minimum absolute atomic E-state index is 0.334. The molecule has 3 aliphatic rings. The van der Waals surface area contributed by atoms with Crippen molar-refractivity contribution in [2.75, 3.05) is 46.2 Å². The molecule has 0 aliphatic carbocycles. The Balaban J connectivity index is 1.29. The first-order valence-corrected chi connectivity index (χ1v) is 5.92. The van der Waals surface area contributed by atoms with E-state index in [2.05, 4.69) is 0 Å². The maximum absolute atomic E-state index is 5.58. The van der Waals surface area contributed by atoms with E-state index in [0.717, 1.165) is 19.8 Å². The molecule has 3 fully saturated rings. The molecule has 0 spiro atoms. The number of hydrogen-bond acceptors (Lipinski definition) is 5. The molecule has 3 atom stereocenters. The maximum atomic E-state index is 5.58. The zero-order chi connectivity index (χ0) is 10.8. The zero-order valence-corrected chi connectivity index (χ0v) is 9.30. The number of hydrogen-bond donors (Lipinski definition) is 0. The first-order valence-electron chi connectivity index (χ1n) is 5.92. The molecule has 3 saturated heterocycles. The summed E-state index contributed by atoms with van der Waals surface area (Å²) in [5.41, 5.74) is 0. The van der Waals surface area contributed by atoms with Crippen molar-refractivity contribution in [3.8, 4) is 0 Å². The van der Waals surface area contributed by atoms with Crippen molar-refractivity contribution in [1.82, 2.24) is 0 Å². The van der Waals surface area contributed by atoms with Crippen molar-refractivity contribution in [3.63, 3.8) is 0 Å². The topological polar surface area (TPSA) is 56.1 Å². The molecule has 3 aliphatic heterocycles. The second-order valence-corrected chi connectivity index (χ2v) is 4.62. The molecule has 0 bridgehead atoms. The summed E-state index contributed by atoms with van der Waals surface area (Å²) in [6.45, 7) is 5.35. The van der Waals surface area contributed by atoms with Crippen molar-refractivity contribution in [3.05, 3.63) is 0 Å². The fraction of sp³-hybridized carbons (Fsp3) is 1.00. The Morgan fingerprint density at radius 1 is 0.875 bits per heavy atom. The van der Waals surface area contributed by atoms with E-state index in [1.54, 1.807) is 0 Å². The highest BCUT2D eigenvalue weighted by Gasteiger charge is 2.34. The Hall–Kier alpha value is -0.200. The Morgan fingerprint density at radius 2 is 1.38 bits per heavy atom. The largest absolute Gasteiger partial charge is 0.378 e. The third kappa shape index (κ3) is 3.68. The van der Waals surface area contributed by atoms with Crippen molar-refractivity contribution in [2.24, 2.45) is 5.92 Å². The van der Waals surface area contributed by atoms with E-state index in [1.165, 1.54) is 0 Å². The van der Waals surface area contributed by atoms with Crippen molar-refractivity contribution < 1.29 is 23.7 Å². The predicted octanol–water partition coefficient (Wildman–Crippen LogP) is -0.168. The van der Waals surface area contributed by atoms with Crippen LogP contribution < -0.4 is 0 Å². The molecule has 0 aromatic heterocycles. The molecule has 0 N–H and O–H groups in total. The molecule has 92 valence electrons. The normalized spacial score (nSPS) is 37.1. The maximum Gasteiger partial charge on any atom is 0.104 e. The lowest BCUT2D eigenvalue weighted by atomic mass is 10.1. The summed E-state index contributed by atoms with van der Waals surface area (Å²) in [5.74, 6) is 0.359. The van der Waals surface area contributed by atoms with E-state index in [-0.39, 0.29) is 0 Å². The fourth-order valence-corrected chi connectivity index (χ4v) is 1.62. The van der Waals surface area contributed by atoms with E-state index in [9.17, 15) is 0 Å². The van der Waals surface area contributed by atoms with E-state index in [4.69, 9.17) is 23.7 Å². The monoisotopic (exact) mass is 230 g/mol. The van der Waals surface area contributed by atoms with Crippen molar-refractivity contribution in [1.29, 1.82) is 0 Å². The van der Waals surface area contributed by atoms with Gasteiger partial charge >= 0.3 is 0 Å². The molecular weight excluding hydrogens is 212 g/mol. The van der Waals surface area contributed by atoms with Gasteiger partial charge in [-0.15, -0.1) is 0 Å². The molecule has 0 amide bonds. The second-order valence-electron chi connectivity index (χ2n) is 4.62. The van der Waals surface area contributed by atoms with Crippen LogP contribution in [0.15, 0.2) is 0 Å². The minimum Gasteiger partial charge on any atom is -0.378 e. The van der Waals surface area contributed by atoms with Crippen LogP contribution in [0.5, 0.6) is 0 Å². The lowest BCUT2D eigenvalue weighted by Gasteiger charge is -2.14. The Kier molecular flexibility index (Phi) is 3.40. The Bertz CT molecular complexity index is 204. The third-order valence-corrected chi connectivity index (χ3v) is 2.96. The van der Waals surface area contributed by atoms with Gasteiger partial charge in [0.1, 0.15) is 12.2 Å². The SMILES string of the molecule is C(OCC(COCC1CO1)C1CO1)C1CO1. The Morgan fingerprint density at radius 3 is 1.75 bits per heavy atom. The number of ether oxygens (including phenoxy) is 5. The minimum atomic E-state index is 0.334. The van der Waals surface area contributed by atoms with Gasteiger partial charge in [-0.2, -0.15) is 0 Å². The van der Waals surface area contributed by atoms with E-state index in [1.807, 2.05) is 0 Å². The summed E-state index contributed by atoms with van der Waals surface area (Å²) in [4.78, 5) is 0. The van der Waals surface area contributed by atoms with Crippen LogP contribution in [0, 0.1) is 5.92 Å². The zero-order valence-electron chi connectivity index (χ0n) is 9.30. The van der Waals surface area contributed by atoms with E-state index < -0.39 is 0 Å². The lowest BCUT2D eigenvalue weighted by molar-refractivity contribution is 0.0199. The standard InChI is InChI=1S/C11H18O5/c1(12-3-9-5-14-9)8(11-7-16-11)2-13-4-10-6-15-10/h8-11H,1-7H2.